The molecule has 0 spiro atoms. The molecule has 0 aliphatic carbocycles. The van der Waals surface area contributed by atoms with Crippen LogP contribution in [0, 0.1) is 0 Å². The molecule has 7 heteroatoms. The Labute approximate surface area is 88.2 Å². The second-order valence-electron chi connectivity index (χ2n) is 3.75. The van der Waals surface area contributed by atoms with E-state index >= 15 is 0 Å². The second kappa shape index (κ2) is 4.69. The second-order valence-corrected chi connectivity index (χ2v) is 3.75. The number of hydrogen-bond acceptors (Lipinski definition) is 3. The molecule has 2 N–H and O–H groups in total. The first-order valence-electron chi connectivity index (χ1n) is 5.02. The molecule has 0 saturated heterocycles. The van der Waals surface area contributed by atoms with Crippen molar-refractivity contribution in [1.29, 1.82) is 0 Å². The molecule has 0 aliphatic rings. The molecule has 4 nitrogen and oxygen atoms in total. The molecule has 0 rings (SSSR count). The number of aliphatic hydroxyl groups is 1. The predicted octanol–water partition coefficient (Wildman–Crippen LogP) is 1.43. The van der Waals surface area contributed by atoms with E-state index in [1.165, 1.54) is 26.1 Å². The highest BCUT2D eigenvalue weighted by Gasteiger charge is 2.40. The van der Waals surface area contributed by atoms with Crippen LogP contribution in [0.25, 0.3) is 0 Å². The predicted molar refractivity (Wildman–Crippen MR) is 46.3 cm³/mol. The number of alkyl carbamates (subject to hydrolysis) is 1. The highest BCUT2D eigenvalue weighted by molar-refractivity contribution is 5.68. The van der Waals surface area contributed by atoms with Crippen molar-refractivity contribution >= 4 is 6.09 Å². The van der Waals surface area contributed by atoms with Crippen LogP contribution in [0.1, 0.15) is 23.5 Å². The van der Waals surface area contributed by atoms with E-state index in [0.717, 1.165) is 0 Å². The zero-order chi connectivity index (χ0) is 14.1. The standard InChI is InChI=1S/C8H14F3NO3/c1-7(2,3)15-6(14)12-5(4-13)8(9,10)11/h5,13H,4H2,1-3H3,(H,12,14)/i4D2. The topological polar surface area (TPSA) is 58.6 Å². The zero-order valence-corrected chi connectivity index (χ0v) is 8.47. The summed E-state index contributed by atoms with van der Waals surface area (Å²) in [5.74, 6) is 0. The van der Waals surface area contributed by atoms with Crippen LogP contribution in [0.15, 0.2) is 0 Å². The molecular formula is C8H14F3NO3. The summed E-state index contributed by atoms with van der Waals surface area (Å²) in [4.78, 5) is 11.1. The molecule has 0 radical (unpaired) electrons. The van der Waals surface area contributed by atoms with E-state index in [1.54, 1.807) is 0 Å². The van der Waals surface area contributed by atoms with Crippen molar-refractivity contribution in [3.63, 3.8) is 0 Å². The van der Waals surface area contributed by atoms with Crippen LogP contribution in [0.2, 0.25) is 0 Å². The van der Waals surface area contributed by atoms with Crippen LogP contribution in [0.4, 0.5) is 18.0 Å². The highest BCUT2D eigenvalue weighted by atomic mass is 19.4. The lowest BCUT2D eigenvalue weighted by molar-refractivity contribution is -0.162. The third-order valence-electron chi connectivity index (χ3n) is 1.12. The van der Waals surface area contributed by atoms with Crippen molar-refractivity contribution in [2.75, 3.05) is 6.56 Å². The van der Waals surface area contributed by atoms with Gasteiger partial charge < -0.3 is 15.2 Å². The maximum Gasteiger partial charge on any atom is 0.410 e. The van der Waals surface area contributed by atoms with Crippen LogP contribution in [0.3, 0.4) is 0 Å². The Morgan fingerprint density at radius 3 is 2.27 bits per heavy atom. The van der Waals surface area contributed by atoms with Gasteiger partial charge in [-0.1, -0.05) is 0 Å². The fraction of sp³-hybridized carbons (Fsp3) is 0.875. The number of amides is 1. The van der Waals surface area contributed by atoms with E-state index < -0.39 is 30.5 Å². The Hall–Kier alpha value is -0.980. The summed E-state index contributed by atoms with van der Waals surface area (Å²) in [5, 5.41) is 9.95. The average molecular weight is 231 g/mol. The minimum atomic E-state index is -5.13. The van der Waals surface area contributed by atoms with Crippen LogP contribution in [0.5, 0.6) is 0 Å². The number of ether oxygens (including phenoxy) is 1. The number of nitrogens with one attached hydrogen (secondary N) is 1. The minimum Gasteiger partial charge on any atom is -0.444 e. The van der Waals surface area contributed by atoms with Crippen molar-refractivity contribution in [3.8, 4) is 0 Å². The smallest absolute Gasteiger partial charge is 0.410 e. The van der Waals surface area contributed by atoms with Gasteiger partial charge in [0.15, 0.2) is 6.04 Å². The van der Waals surface area contributed by atoms with Gasteiger partial charge in [-0.2, -0.15) is 13.2 Å². The Morgan fingerprint density at radius 2 is 2.00 bits per heavy atom. The van der Waals surface area contributed by atoms with E-state index in [0.29, 0.717) is 0 Å². The van der Waals surface area contributed by atoms with E-state index in [1.807, 2.05) is 0 Å². The normalized spacial score (nSPS) is 17.5. The summed E-state index contributed by atoms with van der Waals surface area (Å²) < 4.78 is 54.7. The van der Waals surface area contributed by atoms with Gasteiger partial charge in [-0.05, 0) is 20.8 Å². The van der Waals surface area contributed by atoms with E-state index in [-0.39, 0.29) is 0 Å². The minimum absolute atomic E-state index is 1.03. The first kappa shape index (κ1) is 10.5. The zero-order valence-electron chi connectivity index (χ0n) is 10.5. The van der Waals surface area contributed by atoms with E-state index in [9.17, 15) is 18.0 Å². The molecule has 90 valence electrons. The largest absolute Gasteiger partial charge is 0.444 e. The van der Waals surface area contributed by atoms with Gasteiger partial charge in [0.05, 0.1) is 9.30 Å². The molecule has 1 amide bonds. The van der Waals surface area contributed by atoms with Crippen molar-refractivity contribution in [1.82, 2.24) is 5.32 Å². The van der Waals surface area contributed by atoms with Gasteiger partial charge in [-0.15, -0.1) is 0 Å². The molecule has 15 heavy (non-hydrogen) atoms. The first-order valence-corrected chi connectivity index (χ1v) is 4.02. The van der Waals surface area contributed by atoms with Gasteiger partial charge in [0.25, 0.3) is 0 Å². The Bertz CT molecular complexity index is 269. The molecule has 0 aromatic heterocycles. The fourth-order valence-corrected chi connectivity index (χ4v) is 0.613. The van der Waals surface area contributed by atoms with E-state index in [2.05, 4.69) is 4.74 Å². The van der Waals surface area contributed by atoms with Crippen molar-refractivity contribution < 1.29 is 30.6 Å². The fourth-order valence-electron chi connectivity index (χ4n) is 0.613. The van der Waals surface area contributed by atoms with Crippen molar-refractivity contribution in [3.05, 3.63) is 0 Å². The highest BCUT2D eigenvalue weighted by Crippen LogP contribution is 2.20. The van der Waals surface area contributed by atoms with Crippen molar-refractivity contribution in [2.45, 2.75) is 38.6 Å². The van der Waals surface area contributed by atoms with E-state index in [4.69, 9.17) is 7.85 Å². The molecule has 0 fully saturated rings. The summed E-state index contributed by atoms with van der Waals surface area (Å²) in [6.07, 6.45) is -6.59. The van der Waals surface area contributed by atoms with Gasteiger partial charge in [0.2, 0.25) is 0 Å². The molecule has 0 heterocycles. The van der Waals surface area contributed by atoms with Gasteiger partial charge in [-0.25, -0.2) is 4.79 Å². The molecular weight excluding hydrogens is 215 g/mol. The van der Waals surface area contributed by atoms with Gasteiger partial charge >= 0.3 is 12.3 Å². The number of halogens is 3. The molecule has 0 aromatic rings. The third kappa shape index (κ3) is 6.16. The Balaban J connectivity index is 4.75. The van der Waals surface area contributed by atoms with Gasteiger partial charge in [0.1, 0.15) is 5.60 Å². The number of alkyl halides is 3. The lowest BCUT2D eigenvalue weighted by Crippen LogP contribution is -2.49. The number of rotatable bonds is 2. The summed E-state index contributed by atoms with van der Waals surface area (Å²) in [6, 6.07) is -3.05. The molecule has 0 saturated carbocycles. The maximum absolute atomic E-state index is 12.3. The summed E-state index contributed by atoms with van der Waals surface area (Å²) in [5.41, 5.74) is -1.03. The lowest BCUT2D eigenvalue weighted by atomic mass is 10.2. The van der Waals surface area contributed by atoms with Gasteiger partial charge in [0, 0.05) is 0 Å². The first-order chi connectivity index (χ1) is 7.23. The summed E-state index contributed by atoms with van der Waals surface area (Å²) in [6.45, 7) is 0.670. The number of carbonyl (C=O) groups excluding carboxylic acids is 1. The third-order valence-corrected chi connectivity index (χ3v) is 1.12. The Kier molecular flexibility index (Phi) is 3.30. The quantitative estimate of drug-likeness (QED) is 0.755. The van der Waals surface area contributed by atoms with Crippen LogP contribution in [-0.2, 0) is 4.74 Å². The summed E-state index contributed by atoms with van der Waals surface area (Å²) >= 11 is 0. The number of hydrogen-bond donors (Lipinski definition) is 2. The van der Waals surface area contributed by atoms with Crippen LogP contribution < -0.4 is 5.32 Å². The Morgan fingerprint density at radius 1 is 1.53 bits per heavy atom. The SMILES string of the molecule is [2H]C([2H])(O)C(NC(=O)OC(C)(C)C)C(F)(F)F. The maximum atomic E-state index is 12.3. The average Bonchev–Trinajstić information content (AvgIpc) is 1.91. The molecule has 1 unspecified atom stereocenters. The molecule has 1 atom stereocenters. The molecule has 0 aliphatic heterocycles. The number of carbonyl (C=O) groups is 1. The summed E-state index contributed by atoms with van der Waals surface area (Å²) in [7, 11) is 0. The van der Waals surface area contributed by atoms with Crippen LogP contribution >= 0.6 is 0 Å². The molecule has 0 bridgehead atoms. The van der Waals surface area contributed by atoms with Crippen LogP contribution in [-0.4, -0.2) is 35.6 Å². The lowest BCUT2D eigenvalue weighted by Gasteiger charge is -2.23. The monoisotopic (exact) mass is 231 g/mol. The van der Waals surface area contributed by atoms with Gasteiger partial charge in [-0.3, -0.25) is 0 Å². The molecule has 0 aromatic carbocycles. The van der Waals surface area contributed by atoms with Crippen molar-refractivity contribution in [2.24, 2.45) is 0 Å².